The van der Waals surface area contributed by atoms with Crippen molar-refractivity contribution in [1.82, 2.24) is 0 Å². The first-order chi connectivity index (χ1) is 11.4. The molecule has 0 saturated carbocycles. The summed E-state index contributed by atoms with van der Waals surface area (Å²) >= 11 is 3.18. The normalized spacial score (nSPS) is 16.0. The van der Waals surface area contributed by atoms with E-state index in [0.29, 0.717) is 11.1 Å². The Morgan fingerprint density at radius 1 is 1.00 bits per heavy atom. The number of nitrogens with zero attached hydrogens (tertiary/aromatic N) is 1. The van der Waals surface area contributed by atoms with Crippen LogP contribution in [0.1, 0.15) is 28.4 Å². The summed E-state index contributed by atoms with van der Waals surface area (Å²) in [5.74, 6) is -0.186. The summed E-state index contributed by atoms with van der Waals surface area (Å²) in [6.45, 7) is 2.00. The average Bonchev–Trinajstić information content (AvgIpc) is 2.59. The van der Waals surface area contributed by atoms with Crippen molar-refractivity contribution < 1.29 is 13.2 Å². The van der Waals surface area contributed by atoms with E-state index in [4.69, 9.17) is 0 Å². The quantitative estimate of drug-likeness (QED) is 0.780. The van der Waals surface area contributed by atoms with Gasteiger partial charge in [0.2, 0.25) is 5.78 Å². The summed E-state index contributed by atoms with van der Waals surface area (Å²) < 4.78 is 29.4. The third-order valence-corrected chi connectivity index (χ3v) is 5.67. The largest absolute Gasteiger partial charge is 0.288 e. The van der Waals surface area contributed by atoms with Crippen LogP contribution in [0.15, 0.2) is 68.4 Å². The summed E-state index contributed by atoms with van der Waals surface area (Å²) in [6.07, 6.45) is 2.28. The molecule has 1 aliphatic carbocycles. The molecule has 0 saturated heterocycles. The Balaban J connectivity index is 2.10. The first-order valence-electron chi connectivity index (χ1n) is 7.37. The topological polar surface area (TPSA) is 63.6 Å². The van der Waals surface area contributed by atoms with Crippen molar-refractivity contribution in [2.24, 2.45) is 4.40 Å². The molecule has 1 aliphatic rings. The fourth-order valence-electron chi connectivity index (χ4n) is 2.45. The van der Waals surface area contributed by atoms with Gasteiger partial charge in [-0.3, -0.25) is 4.79 Å². The molecular weight excluding hydrogens is 390 g/mol. The van der Waals surface area contributed by atoms with E-state index in [1.165, 1.54) is 6.08 Å². The van der Waals surface area contributed by atoms with Crippen LogP contribution in [0.4, 0.5) is 0 Å². The molecule has 24 heavy (non-hydrogen) atoms. The number of benzene rings is 2. The highest BCUT2D eigenvalue weighted by molar-refractivity contribution is 9.12. The van der Waals surface area contributed by atoms with E-state index in [1.807, 2.05) is 6.92 Å². The zero-order valence-corrected chi connectivity index (χ0v) is 15.3. The first-order valence-corrected chi connectivity index (χ1v) is 9.61. The van der Waals surface area contributed by atoms with E-state index in [-0.39, 0.29) is 20.9 Å². The lowest BCUT2D eigenvalue weighted by molar-refractivity contribution is 0.104. The van der Waals surface area contributed by atoms with Crippen LogP contribution in [-0.2, 0) is 16.4 Å². The van der Waals surface area contributed by atoms with Crippen LogP contribution in [0.5, 0.6) is 0 Å². The van der Waals surface area contributed by atoms with E-state index in [9.17, 15) is 13.2 Å². The number of Topliss-reactive ketones (excluding diaryl/α,β-unsaturated/α-hetero) is 1. The molecule has 0 spiro atoms. The van der Waals surface area contributed by atoms with Gasteiger partial charge >= 0.3 is 0 Å². The SMILES string of the molecule is CCc1ccc(S(=O)(=O)N=C2C=C(Br)C(=O)c3ccccc32)cc1. The second kappa shape index (κ2) is 6.45. The van der Waals surface area contributed by atoms with E-state index < -0.39 is 10.0 Å². The van der Waals surface area contributed by atoms with Gasteiger partial charge in [0.05, 0.1) is 15.1 Å². The van der Waals surface area contributed by atoms with Crippen molar-refractivity contribution in [2.45, 2.75) is 18.2 Å². The fraction of sp³-hybridized carbons (Fsp3) is 0.111. The van der Waals surface area contributed by atoms with Gasteiger partial charge < -0.3 is 0 Å². The number of sulfonamides is 1. The van der Waals surface area contributed by atoms with Crippen molar-refractivity contribution in [3.63, 3.8) is 0 Å². The van der Waals surface area contributed by atoms with Crippen molar-refractivity contribution in [1.29, 1.82) is 0 Å². The van der Waals surface area contributed by atoms with Gasteiger partial charge in [-0.15, -0.1) is 0 Å². The van der Waals surface area contributed by atoms with Crippen molar-refractivity contribution in [3.8, 4) is 0 Å². The molecule has 3 rings (SSSR count). The minimum atomic E-state index is -3.86. The highest BCUT2D eigenvalue weighted by Gasteiger charge is 2.24. The van der Waals surface area contributed by atoms with Crippen LogP contribution in [-0.4, -0.2) is 19.9 Å². The molecule has 0 fully saturated rings. The number of carbonyl (C=O) groups is 1. The summed E-state index contributed by atoms with van der Waals surface area (Å²) in [5, 5.41) is 0. The molecular formula is C18H14BrNO3S. The van der Waals surface area contributed by atoms with Gasteiger partial charge in [-0.1, -0.05) is 43.3 Å². The molecule has 0 amide bonds. The van der Waals surface area contributed by atoms with Crippen LogP contribution in [0.3, 0.4) is 0 Å². The van der Waals surface area contributed by atoms with Crippen molar-refractivity contribution in [2.75, 3.05) is 0 Å². The Bertz CT molecular complexity index is 974. The monoisotopic (exact) mass is 403 g/mol. The maximum atomic E-state index is 12.6. The van der Waals surface area contributed by atoms with Gasteiger partial charge in [0.1, 0.15) is 0 Å². The summed E-state index contributed by atoms with van der Waals surface area (Å²) in [4.78, 5) is 12.3. The van der Waals surface area contributed by atoms with E-state index in [1.54, 1.807) is 48.5 Å². The molecule has 0 aliphatic heterocycles. The lowest BCUT2D eigenvalue weighted by atomic mass is 9.94. The molecule has 4 nitrogen and oxygen atoms in total. The van der Waals surface area contributed by atoms with E-state index >= 15 is 0 Å². The summed E-state index contributed by atoms with van der Waals surface area (Å²) in [6, 6.07) is 13.5. The predicted molar refractivity (Wildman–Crippen MR) is 97.3 cm³/mol. The van der Waals surface area contributed by atoms with E-state index in [2.05, 4.69) is 20.3 Å². The number of allylic oxidation sites excluding steroid dienone is 2. The Labute approximate surface area is 149 Å². The zero-order valence-electron chi connectivity index (χ0n) is 12.9. The van der Waals surface area contributed by atoms with Crippen LogP contribution < -0.4 is 0 Å². The third kappa shape index (κ3) is 3.12. The number of halogens is 1. The molecule has 0 aromatic heterocycles. The van der Waals surface area contributed by atoms with Gasteiger partial charge in [-0.25, -0.2) is 0 Å². The second-order valence-electron chi connectivity index (χ2n) is 5.32. The molecule has 0 bridgehead atoms. The number of rotatable bonds is 3. The minimum absolute atomic E-state index is 0.131. The molecule has 2 aromatic rings. The standard InChI is InChI=1S/C18H14BrNO3S/c1-2-12-7-9-13(10-8-12)24(22,23)20-17-11-16(19)18(21)15-6-4-3-5-14(15)17/h3-11H,2H2,1H3. The number of fused-ring (bicyclic) bond motifs is 1. The van der Waals surface area contributed by atoms with Gasteiger partial charge in [0.25, 0.3) is 10.0 Å². The molecule has 0 N–H and O–H groups in total. The van der Waals surface area contributed by atoms with Crippen molar-refractivity contribution in [3.05, 3.63) is 75.8 Å². The molecule has 122 valence electrons. The Morgan fingerprint density at radius 3 is 2.25 bits per heavy atom. The number of ketones is 1. The van der Waals surface area contributed by atoms with Crippen LogP contribution in [0, 0.1) is 0 Å². The van der Waals surface area contributed by atoms with Crippen LogP contribution >= 0.6 is 15.9 Å². The summed E-state index contributed by atoms with van der Waals surface area (Å²) in [7, 11) is -3.86. The summed E-state index contributed by atoms with van der Waals surface area (Å²) in [5.41, 5.74) is 2.25. The molecule has 0 unspecified atom stereocenters. The third-order valence-electron chi connectivity index (χ3n) is 3.78. The highest BCUT2D eigenvalue weighted by atomic mass is 79.9. The number of aryl methyl sites for hydroxylation is 1. The molecule has 6 heteroatoms. The molecule has 0 atom stereocenters. The number of carbonyl (C=O) groups excluding carboxylic acids is 1. The van der Waals surface area contributed by atoms with Crippen LogP contribution in [0.25, 0.3) is 0 Å². The zero-order chi connectivity index (χ0) is 17.3. The fourth-order valence-corrected chi connectivity index (χ4v) is 3.88. The van der Waals surface area contributed by atoms with Crippen LogP contribution in [0.2, 0.25) is 0 Å². The van der Waals surface area contributed by atoms with Crippen molar-refractivity contribution >= 4 is 37.4 Å². The van der Waals surface area contributed by atoms with Gasteiger partial charge in [0, 0.05) is 11.1 Å². The Morgan fingerprint density at radius 2 is 1.62 bits per heavy atom. The van der Waals surface area contributed by atoms with Gasteiger partial charge in [-0.05, 0) is 46.1 Å². The Hall–Kier alpha value is -2.05. The molecule has 0 heterocycles. The highest BCUT2D eigenvalue weighted by Crippen LogP contribution is 2.26. The first kappa shape index (κ1) is 16.8. The average molecular weight is 404 g/mol. The smallest absolute Gasteiger partial charge is 0.282 e. The maximum absolute atomic E-state index is 12.6. The minimum Gasteiger partial charge on any atom is -0.288 e. The number of hydrogen-bond donors (Lipinski definition) is 0. The van der Waals surface area contributed by atoms with E-state index in [0.717, 1.165) is 12.0 Å². The number of hydrogen-bond acceptors (Lipinski definition) is 3. The Kier molecular flexibility index (Phi) is 4.51. The molecule has 0 radical (unpaired) electrons. The lowest BCUT2D eigenvalue weighted by Gasteiger charge is -2.14. The van der Waals surface area contributed by atoms with Gasteiger partial charge in [0.15, 0.2) is 0 Å². The van der Waals surface area contributed by atoms with Gasteiger partial charge in [-0.2, -0.15) is 12.8 Å². The maximum Gasteiger partial charge on any atom is 0.282 e. The molecule has 2 aromatic carbocycles. The second-order valence-corrected chi connectivity index (χ2v) is 7.77. The predicted octanol–water partition coefficient (Wildman–Crippen LogP) is 3.90. The lowest BCUT2D eigenvalue weighted by Crippen LogP contribution is -2.16.